The molecule has 1 fully saturated rings. The van der Waals surface area contributed by atoms with Crippen LogP contribution in [-0.4, -0.2) is 41.9 Å². The quantitative estimate of drug-likeness (QED) is 0.881. The van der Waals surface area contributed by atoms with E-state index in [1.807, 2.05) is 35.2 Å². The van der Waals surface area contributed by atoms with Crippen molar-refractivity contribution in [1.82, 2.24) is 9.80 Å². The molecule has 4 nitrogen and oxygen atoms in total. The van der Waals surface area contributed by atoms with Gasteiger partial charge >= 0.3 is 0 Å². The van der Waals surface area contributed by atoms with Crippen molar-refractivity contribution in [2.24, 2.45) is 0 Å². The summed E-state index contributed by atoms with van der Waals surface area (Å²) in [4.78, 5) is 16.7. The third-order valence-corrected chi connectivity index (χ3v) is 4.32. The Morgan fingerprint density at radius 2 is 1.78 bits per heavy atom. The van der Waals surface area contributed by atoms with Crippen molar-refractivity contribution in [3.63, 3.8) is 0 Å². The molecule has 1 aliphatic rings. The van der Waals surface area contributed by atoms with E-state index in [2.05, 4.69) is 11.0 Å². The lowest BCUT2D eigenvalue weighted by Gasteiger charge is -2.34. The van der Waals surface area contributed by atoms with Crippen molar-refractivity contribution in [2.75, 3.05) is 31.9 Å². The Bertz CT molecular complexity index is 696. The molecule has 1 amide bonds. The third-order valence-electron chi connectivity index (χ3n) is 4.09. The molecule has 0 aliphatic carbocycles. The summed E-state index contributed by atoms with van der Waals surface area (Å²) < 4.78 is 0. The van der Waals surface area contributed by atoms with Crippen LogP contribution in [0.4, 0.5) is 5.69 Å². The molecule has 1 saturated heterocycles. The summed E-state index contributed by atoms with van der Waals surface area (Å²) >= 11 is 6.03. The molecule has 120 valence electrons. The first-order valence-corrected chi connectivity index (χ1v) is 8.11. The summed E-state index contributed by atoms with van der Waals surface area (Å²) in [5.74, 6) is 0.0553. The van der Waals surface area contributed by atoms with E-state index in [0.29, 0.717) is 11.3 Å². The van der Waals surface area contributed by atoms with Gasteiger partial charge in [-0.15, -0.1) is 0 Å². The van der Waals surface area contributed by atoms with E-state index in [1.165, 1.54) is 5.56 Å². The number of benzene rings is 2. The van der Waals surface area contributed by atoms with E-state index >= 15 is 0 Å². The fraction of sp³-hybridized carbons (Fsp3) is 0.278. The van der Waals surface area contributed by atoms with E-state index in [4.69, 9.17) is 17.3 Å². The van der Waals surface area contributed by atoms with Crippen LogP contribution in [0.25, 0.3) is 0 Å². The van der Waals surface area contributed by atoms with Gasteiger partial charge in [0.25, 0.3) is 5.91 Å². The van der Waals surface area contributed by atoms with Crippen molar-refractivity contribution in [1.29, 1.82) is 0 Å². The van der Waals surface area contributed by atoms with Crippen LogP contribution in [-0.2, 0) is 6.54 Å². The second kappa shape index (κ2) is 7.02. The minimum absolute atomic E-state index is 0.0553. The Kier molecular flexibility index (Phi) is 4.84. The first-order chi connectivity index (χ1) is 11.1. The van der Waals surface area contributed by atoms with Crippen LogP contribution in [0.2, 0.25) is 5.02 Å². The van der Waals surface area contributed by atoms with Gasteiger partial charge in [-0.1, -0.05) is 29.8 Å². The molecule has 1 aliphatic heterocycles. The average Bonchev–Trinajstić information content (AvgIpc) is 2.55. The number of nitrogens with two attached hydrogens (primary N) is 1. The fourth-order valence-electron chi connectivity index (χ4n) is 2.86. The predicted octanol–water partition coefficient (Wildman–Crippen LogP) is 2.88. The molecule has 0 unspecified atom stereocenters. The van der Waals surface area contributed by atoms with Gasteiger partial charge in [-0.05, 0) is 35.9 Å². The second-order valence-electron chi connectivity index (χ2n) is 5.82. The minimum atomic E-state index is 0.0553. The van der Waals surface area contributed by atoms with Crippen LogP contribution < -0.4 is 5.73 Å². The second-order valence-corrected chi connectivity index (χ2v) is 6.26. The Hall–Kier alpha value is -2.04. The highest BCUT2D eigenvalue weighted by Gasteiger charge is 2.22. The molecule has 0 radical (unpaired) electrons. The number of carbonyl (C=O) groups excluding carboxylic acids is 1. The van der Waals surface area contributed by atoms with Crippen molar-refractivity contribution in [3.05, 3.63) is 64.7 Å². The van der Waals surface area contributed by atoms with Gasteiger partial charge in [-0.2, -0.15) is 0 Å². The normalized spacial score (nSPS) is 15.6. The number of rotatable bonds is 3. The molecule has 2 aromatic carbocycles. The summed E-state index contributed by atoms with van der Waals surface area (Å²) in [6.45, 7) is 4.05. The lowest BCUT2D eigenvalue weighted by Crippen LogP contribution is -2.48. The highest BCUT2D eigenvalue weighted by molar-refractivity contribution is 6.30. The van der Waals surface area contributed by atoms with Gasteiger partial charge < -0.3 is 10.6 Å². The molecule has 0 bridgehead atoms. The van der Waals surface area contributed by atoms with Crippen LogP contribution in [0.15, 0.2) is 48.5 Å². The number of anilines is 1. The van der Waals surface area contributed by atoms with E-state index in [1.54, 1.807) is 12.1 Å². The van der Waals surface area contributed by atoms with Gasteiger partial charge in [-0.25, -0.2) is 0 Å². The standard InChI is InChI=1S/C18H20ClN3O/c19-16-5-1-3-14(11-16)13-21-7-9-22(10-8-21)18(23)15-4-2-6-17(20)12-15/h1-6,11-12H,7-10,13,20H2. The zero-order valence-electron chi connectivity index (χ0n) is 12.9. The van der Waals surface area contributed by atoms with Gasteiger partial charge in [-0.3, -0.25) is 9.69 Å². The maximum absolute atomic E-state index is 12.5. The van der Waals surface area contributed by atoms with Gasteiger partial charge in [0.1, 0.15) is 0 Å². The SMILES string of the molecule is Nc1cccc(C(=O)N2CCN(Cc3cccc(Cl)c3)CC2)c1. The number of hydrogen-bond donors (Lipinski definition) is 1. The summed E-state index contributed by atoms with van der Waals surface area (Å²) in [7, 11) is 0. The lowest BCUT2D eigenvalue weighted by molar-refractivity contribution is 0.0628. The molecule has 23 heavy (non-hydrogen) atoms. The molecule has 1 heterocycles. The van der Waals surface area contributed by atoms with E-state index in [0.717, 1.165) is 37.7 Å². The Morgan fingerprint density at radius 3 is 2.48 bits per heavy atom. The largest absolute Gasteiger partial charge is 0.399 e. The summed E-state index contributed by atoms with van der Waals surface area (Å²) in [5.41, 5.74) is 8.24. The van der Waals surface area contributed by atoms with E-state index in [-0.39, 0.29) is 5.91 Å². The average molecular weight is 330 g/mol. The van der Waals surface area contributed by atoms with Gasteiger partial charge in [0, 0.05) is 49.0 Å². The van der Waals surface area contributed by atoms with Crippen LogP contribution in [0.5, 0.6) is 0 Å². The number of nitrogens with zero attached hydrogens (tertiary/aromatic N) is 2. The number of amides is 1. The number of piperazine rings is 1. The van der Waals surface area contributed by atoms with E-state index in [9.17, 15) is 4.79 Å². The Balaban J connectivity index is 1.57. The van der Waals surface area contributed by atoms with Gasteiger partial charge in [0.15, 0.2) is 0 Å². The zero-order chi connectivity index (χ0) is 16.2. The van der Waals surface area contributed by atoms with Crippen molar-refractivity contribution >= 4 is 23.2 Å². The maximum atomic E-state index is 12.5. The zero-order valence-corrected chi connectivity index (χ0v) is 13.7. The van der Waals surface area contributed by atoms with Crippen molar-refractivity contribution < 1.29 is 4.79 Å². The van der Waals surface area contributed by atoms with Crippen LogP contribution in [0.3, 0.4) is 0 Å². The molecule has 0 aromatic heterocycles. The van der Waals surface area contributed by atoms with Crippen LogP contribution in [0.1, 0.15) is 15.9 Å². The molecular weight excluding hydrogens is 310 g/mol. The Labute approximate surface area is 141 Å². The molecule has 0 saturated carbocycles. The summed E-state index contributed by atoms with van der Waals surface area (Å²) in [6.07, 6.45) is 0. The van der Waals surface area contributed by atoms with Crippen molar-refractivity contribution in [2.45, 2.75) is 6.54 Å². The van der Waals surface area contributed by atoms with Crippen molar-refractivity contribution in [3.8, 4) is 0 Å². The number of halogens is 1. The first kappa shape index (κ1) is 15.8. The van der Waals surface area contributed by atoms with Gasteiger partial charge in [0.2, 0.25) is 0 Å². The van der Waals surface area contributed by atoms with E-state index < -0.39 is 0 Å². The highest BCUT2D eigenvalue weighted by Crippen LogP contribution is 2.15. The smallest absolute Gasteiger partial charge is 0.254 e. The predicted molar refractivity (Wildman–Crippen MR) is 93.5 cm³/mol. The third kappa shape index (κ3) is 4.03. The monoisotopic (exact) mass is 329 g/mol. The number of hydrogen-bond acceptors (Lipinski definition) is 3. The Morgan fingerprint density at radius 1 is 1.04 bits per heavy atom. The van der Waals surface area contributed by atoms with Gasteiger partial charge in [0.05, 0.1) is 0 Å². The van der Waals surface area contributed by atoms with Crippen LogP contribution >= 0.6 is 11.6 Å². The molecule has 0 atom stereocenters. The molecule has 2 N–H and O–H groups in total. The van der Waals surface area contributed by atoms with Crippen LogP contribution in [0, 0.1) is 0 Å². The summed E-state index contributed by atoms with van der Waals surface area (Å²) in [6, 6.07) is 15.1. The number of nitrogen functional groups attached to an aromatic ring is 1. The number of carbonyl (C=O) groups is 1. The maximum Gasteiger partial charge on any atom is 0.254 e. The molecular formula is C18H20ClN3O. The highest BCUT2D eigenvalue weighted by atomic mass is 35.5. The molecule has 2 aromatic rings. The molecule has 5 heteroatoms. The molecule has 3 rings (SSSR count). The molecule has 0 spiro atoms. The first-order valence-electron chi connectivity index (χ1n) is 7.73. The fourth-order valence-corrected chi connectivity index (χ4v) is 3.07. The summed E-state index contributed by atoms with van der Waals surface area (Å²) in [5, 5.41) is 0.762. The minimum Gasteiger partial charge on any atom is -0.399 e. The topological polar surface area (TPSA) is 49.6 Å². The lowest BCUT2D eigenvalue weighted by atomic mass is 10.1.